The Labute approximate surface area is 238 Å². The molecule has 220 valence electrons. The number of rotatable bonds is 7. The summed E-state index contributed by atoms with van der Waals surface area (Å²) >= 11 is 0. The monoisotopic (exact) mass is 584 g/mol. The van der Waals surface area contributed by atoms with Crippen LogP contribution in [-0.2, 0) is 10.0 Å². The molecule has 2 saturated heterocycles. The van der Waals surface area contributed by atoms with E-state index in [9.17, 15) is 13.5 Å². The largest absolute Gasteiger partial charge is 0.506 e. The van der Waals surface area contributed by atoms with Crippen molar-refractivity contribution in [2.45, 2.75) is 41.9 Å². The van der Waals surface area contributed by atoms with E-state index in [1.165, 1.54) is 36.4 Å². The Kier molecular flexibility index (Phi) is 8.01. The molecule has 0 bridgehead atoms. The first-order chi connectivity index (χ1) is 19.4. The Bertz CT molecular complexity index is 1430. The van der Waals surface area contributed by atoms with Gasteiger partial charge in [-0.05, 0) is 49.2 Å². The highest BCUT2D eigenvalue weighted by Crippen LogP contribution is 2.31. The molecular formula is C25H36N12O3S. The van der Waals surface area contributed by atoms with E-state index in [1.54, 1.807) is 6.07 Å². The van der Waals surface area contributed by atoms with Crippen LogP contribution in [0.15, 0.2) is 47.4 Å². The number of nitrogens with two attached hydrogens (primary N) is 5. The summed E-state index contributed by atoms with van der Waals surface area (Å²) in [5.41, 5.74) is 31.4. The molecule has 13 N–H and O–H groups in total. The van der Waals surface area contributed by atoms with Gasteiger partial charge in [0.15, 0.2) is 0 Å². The molecule has 1 aromatic heterocycles. The lowest BCUT2D eigenvalue weighted by atomic mass is 10.0. The van der Waals surface area contributed by atoms with Crippen LogP contribution in [0.25, 0.3) is 0 Å². The van der Waals surface area contributed by atoms with E-state index >= 15 is 0 Å². The van der Waals surface area contributed by atoms with E-state index in [0.717, 1.165) is 0 Å². The molecule has 2 fully saturated rings. The number of nitrogens with zero attached hydrogens (tertiary/aromatic N) is 5. The molecule has 2 aliphatic rings. The van der Waals surface area contributed by atoms with Gasteiger partial charge in [0.25, 0.3) is 10.0 Å². The number of nitrogen functional groups attached to an aromatic ring is 1. The lowest BCUT2D eigenvalue weighted by molar-refractivity contribution is 0.441. The summed E-state index contributed by atoms with van der Waals surface area (Å²) < 4.78 is 27.9. The number of phenols is 1. The topological polar surface area (TPSA) is 254 Å². The van der Waals surface area contributed by atoms with E-state index in [4.69, 9.17) is 33.7 Å². The number of piperidine rings is 2. The molecule has 0 amide bonds. The molecule has 0 saturated carbocycles. The third kappa shape index (κ3) is 6.86. The van der Waals surface area contributed by atoms with E-state index in [-0.39, 0.29) is 46.4 Å². The maximum atomic E-state index is 12.8. The molecular weight excluding hydrogens is 548 g/mol. The third-order valence-electron chi connectivity index (χ3n) is 6.90. The fraction of sp³-hybridized carbons (Fsp3) is 0.400. The summed E-state index contributed by atoms with van der Waals surface area (Å²) in [5.74, 6) is 0.699. The molecule has 0 radical (unpaired) electrons. The molecule has 2 aliphatic heterocycles. The molecule has 2 aromatic carbocycles. The molecule has 0 aliphatic carbocycles. The molecule has 3 heterocycles. The van der Waals surface area contributed by atoms with Gasteiger partial charge in [-0.2, -0.15) is 15.0 Å². The Morgan fingerprint density at radius 2 is 1.29 bits per heavy atom. The quantitative estimate of drug-likeness (QED) is 0.128. The smallest absolute Gasteiger partial charge is 0.262 e. The maximum absolute atomic E-state index is 12.8. The third-order valence-corrected chi connectivity index (χ3v) is 8.28. The van der Waals surface area contributed by atoms with Crippen LogP contribution >= 0.6 is 0 Å². The number of aromatic nitrogens is 3. The molecule has 3 aromatic rings. The van der Waals surface area contributed by atoms with Crippen molar-refractivity contribution in [1.82, 2.24) is 15.0 Å². The average molecular weight is 585 g/mol. The number of nitrogens with one attached hydrogen (secondary N) is 2. The number of hydrogen-bond acceptors (Lipinski definition) is 14. The molecule has 5 rings (SSSR count). The summed E-state index contributed by atoms with van der Waals surface area (Å²) in [6.07, 6.45) is 1.40. The highest BCUT2D eigenvalue weighted by molar-refractivity contribution is 7.92. The van der Waals surface area contributed by atoms with Gasteiger partial charge in [0, 0.05) is 67.8 Å². The number of aromatic hydroxyl groups is 1. The first-order valence-electron chi connectivity index (χ1n) is 13.2. The zero-order valence-corrected chi connectivity index (χ0v) is 23.2. The van der Waals surface area contributed by atoms with Crippen LogP contribution in [0, 0.1) is 0 Å². The van der Waals surface area contributed by atoms with Crippen molar-refractivity contribution in [2.24, 2.45) is 22.9 Å². The molecule has 15 nitrogen and oxygen atoms in total. The summed E-state index contributed by atoms with van der Waals surface area (Å²) in [6.45, 7) is 2.11. The molecule has 0 unspecified atom stereocenters. The van der Waals surface area contributed by atoms with Crippen LogP contribution in [-0.4, -0.2) is 78.8 Å². The number of sulfonamides is 1. The minimum absolute atomic E-state index is 0.00279. The highest BCUT2D eigenvalue weighted by atomic mass is 32.2. The van der Waals surface area contributed by atoms with Crippen LogP contribution in [0.5, 0.6) is 5.75 Å². The standard InChI is InChI=1S/C25H36N12O3S/c26-14-1-4-20(5-2-14)41(39,40)35-21-6-3-19(9-22(21)38)31-23-32-24(36-10-15(27)7-16(28)11-36)34-25(33-23)37-12-17(29)8-18(30)13-37/h1-6,9,15-18,35,38H,7-8,10-13,26-30H2,(H,31,32,33,34)/t15-,16+,17-,18+. The SMILES string of the molecule is Nc1ccc(S(=O)(=O)Nc2ccc(Nc3nc(N4C[C@H](N)C[C@H](N)C4)nc(N4C[C@H](N)C[C@H](N)C4)n3)cc2O)cc1. The Hall–Kier alpha value is -3.96. The van der Waals surface area contributed by atoms with Crippen molar-refractivity contribution in [3.05, 3.63) is 42.5 Å². The van der Waals surface area contributed by atoms with Crippen LogP contribution < -0.4 is 48.5 Å². The second-order valence-electron chi connectivity index (χ2n) is 10.6. The van der Waals surface area contributed by atoms with Gasteiger partial charge in [-0.15, -0.1) is 0 Å². The first-order valence-corrected chi connectivity index (χ1v) is 14.7. The van der Waals surface area contributed by atoms with Crippen molar-refractivity contribution in [2.75, 3.05) is 51.8 Å². The number of hydrogen-bond donors (Lipinski definition) is 8. The van der Waals surface area contributed by atoms with Gasteiger partial charge in [0.05, 0.1) is 10.6 Å². The summed E-state index contributed by atoms with van der Waals surface area (Å²) in [5, 5.41) is 13.7. The Morgan fingerprint density at radius 3 is 1.78 bits per heavy atom. The predicted molar refractivity (Wildman–Crippen MR) is 158 cm³/mol. The zero-order chi connectivity index (χ0) is 29.3. The van der Waals surface area contributed by atoms with Crippen LogP contribution in [0.4, 0.5) is 34.9 Å². The highest BCUT2D eigenvalue weighted by Gasteiger charge is 2.29. The normalized spacial score (nSPS) is 23.3. The fourth-order valence-electron chi connectivity index (χ4n) is 5.05. The molecule has 41 heavy (non-hydrogen) atoms. The number of benzene rings is 2. The lowest BCUT2D eigenvalue weighted by Gasteiger charge is -2.37. The summed E-state index contributed by atoms with van der Waals surface area (Å²) in [4.78, 5) is 17.8. The minimum Gasteiger partial charge on any atom is -0.506 e. The minimum atomic E-state index is -3.95. The number of phenolic OH excluding ortho intramolecular Hbond substituents is 1. The van der Waals surface area contributed by atoms with E-state index in [0.29, 0.717) is 62.3 Å². The zero-order valence-electron chi connectivity index (χ0n) is 22.4. The van der Waals surface area contributed by atoms with Crippen molar-refractivity contribution < 1.29 is 13.5 Å². The molecule has 16 heteroatoms. The van der Waals surface area contributed by atoms with Gasteiger partial charge < -0.3 is 48.9 Å². The van der Waals surface area contributed by atoms with E-state index in [1.807, 2.05) is 9.80 Å². The van der Waals surface area contributed by atoms with Crippen molar-refractivity contribution >= 4 is 44.9 Å². The van der Waals surface area contributed by atoms with E-state index < -0.39 is 10.0 Å². The van der Waals surface area contributed by atoms with Gasteiger partial charge in [-0.3, -0.25) is 4.72 Å². The second-order valence-corrected chi connectivity index (χ2v) is 12.3. The van der Waals surface area contributed by atoms with Gasteiger partial charge in [0.2, 0.25) is 17.8 Å². The Morgan fingerprint density at radius 1 is 0.780 bits per heavy atom. The summed E-state index contributed by atoms with van der Waals surface area (Å²) in [6, 6.07) is 9.58. The fourth-order valence-corrected chi connectivity index (χ4v) is 6.13. The maximum Gasteiger partial charge on any atom is 0.262 e. The van der Waals surface area contributed by atoms with Crippen molar-refractivity contribution in [1.29, 1.82) is 0 Å². The second kappa shape index (κ2) is 11.5. The summed E-state index contributed by atoms with van der Waals surface area (Å²) in [7, 11) is -3.95. The van der Waals surface area contributed by atoms with Gasteiger partial charge in [-0.25, -0.2) is 8.42 Å². The van der Waals surface area contributed by atoms with Gasteiger partial charge in [0.1, 0.15) is 5.75 Å². The first kappa shape index (κ1) is 28.6. The number of anilines is 6. The molecule has 4 atom stereocenters. The van der Waals surface area contributed by atoms with Crippen molar-refractivity contribution in [3.8, 4) is 5.75 Å². The van der Waals surface area contributed by atoms with Crippen LogP contribution in [0.2, 0.25) is 0 Å². The lowest BCUT2D eigenvalue weighted by Crippen LogP contribution is -2.54. The van der Waals surface area contributed by atoms with Gasteiger partial charge >= 0.3 is 0 Å². The molecule has 0 spiro atoms. The Balaban J connectivity index is 1.41. The van der Waals surface area contributed by atoms with Crippen LogP contribution in [0.3, 0.4) is 0 Å². The average Bonchev–Trinajstić information content (AvgIpc) is 2.89. The van der Waals surface area contributed by atoms with Gasteiger partial charge in [-0.1, -0.05) is 0 Å². The van der Waals surface area contributed by atoms with E-state index in [2.05, 4.69) is 20.0 Å². The van der Waals surface area contributed by atoms with Crippen molar-refractivity contribution in [3.63, 3.8) is 0 Å². The van der Waals surface area contributed by atoms with Crippen LogP contribution in [0.1, 0.15) is 12.8 Å². The predicted octanol–water partition coefficient (Wildman–Crippen LogP) is -0.567.